The molecule has 1 aliphatic rings. The molecule has 0 unspecified atom stereocenters. The summed E-state index contributed by atoms with van der Waals surface area (Å²) in [7, 11) is 0. The number of hydrogen-bond acceptors (Lipinski definition) is 3. The number of aryl methyl sites for hydroxylation is 2. The lowest BCUT2D eigenvalue weighted by Crippen LogP contribution is -2.45. The van der Waals surface area contributed by atoms with E-state index in [9.17, 15) is 9.59 Å². The Morgan fingerprint density at radius 2 is 1.95 bits per heavy atom. The zero-order valence-electron chi connectivity index (χ0n) is 12.4. The molecular weight excluding hydrogens is 268 g/mol. The van der Waals surface area contributed by atoms with Crippen LogP contribution in [0.4, 0.5) is 0 Å². The minimum absolute atomic E-state index is 0.0393. The highest BCUT2D eigenvalue weighted by Gasteiger charge is 2.17. The molecule has 1 heterocycles. The Labute approximate surface area is 125 Å². The van der Waals surface area contributed by atoms with Crippen molar-refractivity contribution >= 4 is 11.8 Å². The first kappa shape index (κ1) is 15.5. The predicted molar refractivity (Wildman–Crippen MR) is 79.9 cm³/mol. The first-order valence-corrected chi connectivity index (χ1v) is 7.33. The maximum atomic E-state index is 11.9. The minimum Gasteiger partial charge on any atom is -0.378 e. The molecule has 2 rings (SSSR count). The van der Waals surface area contributed by atoms with E-state index in [1.807, 2.05) is 31.2 Å². The molecule has 0 atom stereocenters. The van der Waals surface area contributed by atoms with Gasteiger partial charge in [-0.2, -0.15) is 0 Å². The molecule has 1 aliphatic heterocycles. The second kappa shape index (κ2) is 7.78. The van der Waals surface area contributed by atoms with Crippen molar-refractivity contribution in [2.75, 3.05) is 32.8 Å². The molecule has 21 heavy (non-hydrogen) atoms. The molecule has 1 aromatic rings. The second-order valence-corrected chi connectivity index (χ2v) is 5.20. The van der Waals surface area contributed by atoms with Gasteiger partial charge in [0.25, 0.3) is 0 Å². The van der Waals surface area contributed by atoms with Crippen LogP contribution in [0.2, 0.25) is 0 Å². The lowest BCUT2D eigenvalue weighted by atomic mass is 10.0. The van der Waals surface area contributed by atoms with E-state index in [0.717, 1.165) is 0 Å². The van der Waals surface area contributed by atoms with Gasteiger partial charge in [0, 0.05) is 19.5 Å². The highest BCUT2D eigenvalue weighted by Crippen LogP contribution is 2.09. The molecule has 0 radical (unpaired) electrons. The third-order valence-corrected chi connectivity index (χ3v) is 3.68. The molecule has 0 spiro atoms. The van der Waals surface area contributed by atoms with Crippen LogP contribution in [0, 0.1) is 6.92 Å². The van der Waals surface area contributed by atoms with Crippen LogP contribution in [0.15, 0.2) is 24.3 Å². The summed E-state index contributed by atoms with van der Waals surface area (Å²) < 4.78 is 5.19. The molecule has 1 N–H and O–H groups in total. The van der Waals surface area contributed by atoms with Gasteiger partial charge in [0.15, 0.2) is 0 Å². The summed E-state index contributed by atoms with van der Waals surface area (Å²) in [4.78, 5) is 25.4. The number of carbonyl (C=O) groups is 2. The molecule has 0 bridgehead atoms. The van der Waals surface area contributed by atoms with Gasteiger partial charge in [0.2, 0.25) is 11.8 Å². The Hall–Kier alpha value is -1.88. The largest absolute Gasteiger partial charge is 0.378 e. The fourth-order valence-electron chi connectivity index (χ4n) is 2.33. The number of ether oxygens (including phenoxy) is 1. The van der Waals surface area contributed by atoms with Crippen molar-refractivity contribution in [1.29, 1.82) is 0 Å². The Kier molecular flexibility index (Phi) is 5.75. The molecule has 0 saturated carbocycles. The van der Waals surface area contributed by atoms with Gasteiger partial charge >= 0.3 is 0 Å². The first-order valence-electron chi connectivity index (χ1n) is 7.33. The van der Waals surface area contributed by atoms with Crippen LogP contribution >= 0.6 is 0 Å². The van der Waals surface area contributed by atoms with E-state index in [2.05, 4.69) is 5.32 Å². The van der Waals surface area contributed by atoms with Gasteiger partial charge in [-0.15, -0.1) is 0 Å². The summed E-state index contributed by atoms with van der Waals surface area (Å²) in [5.41, 5.74) is 2.36. The molecule has 1 aromatic carbocycles. The zero-order chi connectivity index (χ0) is 15.1. The van der Waals surface area contributed by atoms with Crippen LogP contribution in [0.5, 0.6) is 0 Å². The van der Waals surface area contributed by atoms with Crippen LogP contribution in [0.1, 0.15) is 17.5 Å². The molecule has 1 saturated heterocycles. The fourth-order valence-corrected chi connectivity index (χ4v) is 2.33. The van der Waals surface area contributed by atoms with E-state index < -0.39 is 0 Å². The van der Waals surface area contributed by atoms with E-state index in [4.69, 9.17) is 4.74 Å². The Bertz CT molecular complexity index is 496. The third-order valence-electron chi connectivity index (χ3n) is 3.68. The van der Waals surface area contributed by atoms with E-state index in [1.54, 1.807) is 4.90 Å². The van der Waals surface area contributed by atoms with Gasteiger partial charge in [0.05, 0.1) is 19.8 Å². The van der Waals surface area contributed by atoms with Gasteiger partial charge in [-0.05, 0) is 24.5 Å². The third kappa shape index (κ3) is 4.86. The average molecular weight is 290 g/mol. The predicted octanol–water partition coefficient (Wildman–Crippen LogP) is 0.903. The van der Waals surface area contributed by atoms with E-state index in [-0.39, 0.29) is 18.4 Å². The van der Waals surface area contributed by atoms with Gasteiger partial charge in [-0.25, -0.2) is 0 Å². The van der Waals surface area contributed by atoms with Crippen molar-refractivity contribution in [3.05, 3.63) is 35.4 Å². The number of carbonyl (C=O) groups excluding carboxylic acids is 2. The molecule has 0 aromatic heterocycles. The van der Waals surface area contributed by atoms with Gasteiger partial charge < -0.3 is 15.0 Å². The lowest BCUT2D eigenvalue weighted by Gasteiger charge is -2.26. The van der Waals surface area contributed by atoms with Gasteiger partial charge in [-0.1, -0.05) is 24.3 Å². The zero-order valence-corrected chi connectivity index (χ0v) is 12.4. The number of nitrogens with zero attached hydrogens (tertiary/aromatic N) is 1. The van der Waals surface area contributed by atoms with Crippen LogP contribution < -0.4 is 5.32 Å². The van der Waals surface area contributed by atoms with Crippen molar-refractivity contribution < 1.29 is 14.3 Å². The number of rotatable bonds is 5. The SMILES string of the molecule is Cc1ccccc1CCC(=O)NCC(=O)N1CCOCC1. The summed E-state index contributed by atoms with van der Waals surface area (Å²) in [6.45, 7) is 4.48. The quantitative estimate of drug-likeness (QED) is 0.876. The van der Waals surface area contributed by atoms with E-state index in [1.165, 1.54) is 11.1 Å². The fraction of sp³-hybridized carbons (Fsp3) is 0.500. The lowest BCUT2D eigenvalue weighted by molar-refractivity contribution is -0.136. The molecule has 1 fully saturated rings. The summed E-state index contributed by atoms with van der Waals surface area (Å²) in [5, 5.41) is 2.70. The molecule has 114 valence electrons. The molecular formula is C16H22N2O3. The number of morpholine rings is 1. The van der Waals surface area contributed by atoms with Crippen LogP contribution in [-0.2, 0) is 20.7 Å². The Morgan fingerprint density at radius 3 is 2.67 bits per heavy atom. The van der Waals surface area contributed by atoms with E-state index in [0.29, 0.717) is 39.1 Å². The number of hydrogen-bond donors (Lipinski definition) is 1. The van der Waals surface area contributed by atoms with Crippen molar-refractivity contribution in [2.24, 2.45) is 0 Å². The van der Waals surface area contributed by atoms with Gasteiger partial charge in [-0.3, -0.25) is 9.59 Å². The first-order chi connectivity index (χ1) is 10.2. The Morgan fingerprint density at radius 1 is 1.24 bits per heavy atom. The molecule has 0 aliphatic carbocycles. The summed E-state index contributed by atoms with van der Waals surface area (Å²) in [6, 6.07) is 8.03. The smallest absolute Gasteiger partial charge is 0.242 e. The number of nitrogens with one attached hydrogen (secondary N) is 1. The Balaban J connectivity index is 1.70. The molecule has 2 amide bonds. The summed E-state index contributed by atoms with van der Waals surface area (Å²) in [6.07, 6.45) is 1.10. The van der Waals surface area contributed by atoms with Crippen molar-refractivity contribution in [2.45, 2.75) is 19.8 Å². The topological polar surface area (TPSA) is 58.6 Å². The number of amides is 2. The number of benzene rings is 1. The monoisotopic (exact) mass is 290 g/mol. The van der Waals surface area contributed by atoms with Crippen LogP contribution in [0.3, 0.4) is 0 Å². The second-order valence-electron chi connectivity index (χ2n) is 5.20. The van der Waals surface area contributed by atoms with Crippen molar-refractivity contribution in [3.63, 3.8) is 0 Å². The average Bonchev–Trinajstić information content (AvgIpc) is 2.52. The van der Waals surface area contributed by atoms with Gasteiger partial charge in [0.1, 0.15) is 0 Å². The van der Waals surface area contributed by atoms with E-state index >= 15 is 0 Å². The molecule has 5 heteroatoms. The maximum Gasteiger partial charge on any atom is 0.242 e. The molecule has 5 nitrogen and oxygen atoms in total. The minimum atomic E-state index is -0.0835. The highest BCUT2D eigenvalue weighted by atomic mass is 16.5. The standard InChI is InChI=1S/C16H22N2O3/c1-13-4-2-3-5-14(13)6-7-15(19)17-12-16(20)18-8-10-21-11-9-18/h2-5H,6-12H2,1H3,(H,17,19). The highest BCUT2D eigenvalue weighted by molar-refractivity contribution is 5.84. The van der Waals surface area contributed by atoms with Crippen molar-refractivity contribution in [3.8, 4) is 0 Å². The van der Waals surface area contributed by atoms with Crippen LogP contribution in [0.25, 0.3) is 0 Å². The summed E-state index contributed by atoms with van der Waals surface area (Å²) >= 11 is 0. The van der Waals surface area contributed by atoms with Crippen LogP contribution in [-0.4, -0.2) is 49.6 Å². The normalized spacial score (nSPS) is 14.8. The van der Waals surface area contributed by atoms with Crippen molar-refractivity contribution in [1.82, 2.24) is 10.2 Å². The summed E-state index contributed by atoms with van der Waals surface area (Å²) in [5.74, 6) is -0.123. The maximum absolute atomic E-state index is 11.9.